The van der Waals surface area contributed by atoms with E-state index in [9.17, 15) is 17.6 Å². The van der Waals surface area contributed by atoms with Gasteiger partial charge in [0, 0.05) is 24.7 Å². The van der Waals surface area contributed by atoms with Crippen molar-refractivity contribution in [3.05, 3.63) is 77.1 Å². The molecule has 1 amide bonds. The van der Waals surface area contributed by atoms with Crippen molar-refractivity contribution in [1.29, 1.82) is 0 Å². The van der Waals surface area contributed by atoms with E-state index in [-0.39, 0.29) is 15.8 Å². The molecular weight excluding hydrogens is 467 g/mol. The van der Waals surface area contributed by atoms with E-state index in [0.29, 0.717) is 29.1 Å². The van der Waals surface area contributed by atoms with Crippen molar-refractivity contribution in [2.75, 3.05) is 11.3 Å². The molecule has 2 N–H and O–H groups in total. The van der Waals surface area contributed by atoms with E-state index in [1.54, 1.807) is 30.3 Å². The van der Waals surface area contributed by atoms with Crippen molar-refractivity contribution >= 4 is 44.3 Å². The fourth-order valence-electron chi connectivity index (χ4n) is 3.41. The molecule has 0 bridgehead atoms. The molecule has 0 spiro atoms. The highest BCUT2D eigenvalue weighted by molar-refractivity contribution is 7.92. The lowest BCUT2D eigenvalue weighted by Crippen LogP contribution is -2.22. The summed E-state index contributed by atoms with van der Waals surface area (Å²) in [4.78, 5) is 16.5. The number of hydrogen-bond acceptors (Lipinski definition) is 4. The van der Waals surface area contributed by atoms with Crippen LogP contribution in [0.3, 0.4) is 0 Å². The van der Waals surface area contributed by atoms with Crippen LogP contribution in [-0.2, 0) is 17.1 Å². The topological polar surface area (TPSA) is 93.1 Å². The Morgan fingerprint density at radius 1 is 1.09 bits per heavy atom. The molecule has 0 saturated carbocycles. The zero-order valence-electron chi connectivity index (χ0n) is 17.8. The summed E-state index contributed by atoms with van der Waals surface area (Å²) in [6.07, 6.45) is 0. The predicted octanol–water partition coefficient (Wildman–Crippen LogP) is 4.58. The molecule has 0 radical (unpaired) electrons. The molecule has 3 aromatic carbocycles. The van der Waals surface area contributed by atoms with Gasteiger partial charge in [0.1, 0.15) is 11.6 Å². The average Bonchev–Trinajstić information content (AvgIpc) is 3.11. The predicted molar refractivity (Wildman–Crippen MR) is 126 cm³/mol. The maximum Gasteiger partial charge on any atom is 0.261 e. The lowest BCUT2D eigenvalue weighted by atomic mass is 10.1. The number of carbonyl (C=O) groups excluding carboxylic acids is 1. The van der Waals surface area contributed by atoms with Crippen LogP contribution in [0.4, 0.5) is 10.1 Å². The smallest absolute Gasteiger partial charge is 0.261 e. The molecule has 0 aliphatic carbocycles. The number of carbonyl (C=O) groups is 1. The van der Waals surface area contributed by atoms with Gasteiger partial charge in [0.05, 0.1) is 26.6 Å². The number of halogens is 2. The monoisotopic (exact) mass is 486 g/mol. The summed E-state index contributed by atoms with van der Waals surface area (Å²) in [5.41, 5.74) is 3.05. The maximum atomic E-state index is 13.4. The summed E-state index contributed by atoms with van der Waals surface area (Å²) in [6, 6.07) is 15.3. The lowest BCUT2D eigenvalue weighted by Gasteiger charge is -2.09. The lowest BCUT2D eigenvalue weighted by molar-refractivity contribution is 0.0956. The summed E-state index contributed by atoms with van der Waals surface area (Å²) >= 11 is 5.72. The number of aromatic nitrogens is 2. The number of imidazole rings is 1. The Morgan fingerprint density at radius 3 is 2.48 bits per heavy atom. The minimum absolute atomic E-state index is 0.145. The van der Waals surface area contributed by atoms with Gasteiger partial charge < -0.3 is 9.88 Å². The standard InChI is InChI=1S/C23H20ClFN4O3S/c1-3-26-23(30)15-6-4-14(5-7-15)22-27-20-12-16(8-11-21(20)29(22)2)28-33(31,32)17-9-10-19(25)18(24)13-17/h4-13,28H,3H2,1-2H3,(H,26,30). The van der Waals surface area contributed by atoms with E-state index in [4.69, 9.17) is 11.6 Å². The third-order valence-corrected chi connectivity index (χ3v) is 6.75. The Kier molecular flexibility index (Phi) is 6.09. The van der Waals surface area contributed by atoms with Crippen LogP contribution >= 0.6 is 11.6 Å². The number of rotatable bonds is 6. The van der Waals surface area contributed by atoms with E-state index in [1.807, 2.05) is 30.7 Å². The number of fused-ring (bicyclic) bond motifs is 1. The molecular formula is C23H20ClFN4O3S. The number of aryl methyl sites for hydroxylation is 1. The van der Waals surface area contributed by atoms with Crippen LogP contribution in [0.25, 0.3) is 22.4 Å². The first-order valence-electron chi connectivity index (χ1n) is 10.0. The number of amides is 1. The number of anilines is 1. The van der Waals surface area contributed by atoms with Crippen molar-refractivity contribution < 1.29 is 17.6 Å². The second-order valence-electron chi connectivity index (χ2n) is 7.32. The molecule has 7 nitrogen and oxygen atoms in total. The Labute approximate surface area is 195 Å². The van der Waals surface area contributed by atoms with Gasteiger partial charge in [0.15, 0.2) is 0 Å². The number of nitrogens with zero attached hydrogens (tertiary/aromatic N) is 2. The van der Waals surface area contributed by atoms with Gasteiger partial charge in [0.2, 0.25) is 0 Å². The van der Waals surface area contributed by atoms with Gasteiger partial charge in [-0.1, -0.05) is 23.7 Å². The molecule has 4 rings (SSSR count). The van der Waals surface area contributed by atoms with E-state index in [2.05, 4.69) is 15.0 Å². The van der Waals surface area contributed by atoms with Crippen LogP contribution in [0.1, 0.15) is 17.3 Å². The van der Waals surface area contributed by atoms with Crippen LogP contribution in [0.2, 0.25) is 5.02 Å². The highest BCUT2D eigenvalue weighted by Crippen LogP contribution is 2.28. The van der Waals surface area contributed by atoms with Crippen LogP contribution in [-0.4, -0.2) is 30.4 Å². The normalized spacial score (nSPS) is 11.5. The number of nitrogens with one attached hydrogen (secondary N) is 2. The van der Waals surface area contributed by atoms with E-state index < -0.39 is 15.8 Å². The third kappa shape index (κ3) is 4.55. The van der Waals surface area contributed by atoms with Crippen molar-refractivity contribution in [3.8, 4) is 11.4 Å². The first-order chi connectivity index (χ1) is 15.7. The molecule has 170 valence electrons. The summed E-state index contributed by atoms with van der Waals surface area (Å²) in [6.45, 7) is 2.40. The molecule has 0 aliphatic rings. The molecule has 0 saturated heterocycles. The molecule has 0 unspecified atom stereocenters. The molecule has 0 atom stereocenters. The Morgan fingerprint density at radius 2 is 1.82 bits per heavy atom. The molecule has 4 aromatic rings. The summed E-state index contributed by atoms with van der Waals surface area (Å²) in [5.74, 6) is -0.178. The quantitative estimate of drug-likeness (QED) is 0.417. The first-order valence-corrected chi connectivity index (χ1v) is 11.9. The number of benzene rings is 3. The highest BCUT2D eigenvalue weighted by Gasteiger charge is 2.18. The number of hydrogen-bond donors (Lipinski definition) is 2. The molecule has 1 heterocycles. The van der Waals surface area contributed by atoms with Crippen molar-refractivity contribution in [2.24, 2.45) is 7.05 Å². The zero-order chi connectivity index (χ0) is 23.8. The van der Waals surface area contributed by atoms with Gasteiger partial charge in [-0.3, -0.25) is 9.52 Å². The SMILES string of the molecule is CCNC(=O)c1ccc(-c2nc3cc(NS(=O)(=O)c4ccc(F)c(Cl)c4)ccc3n2C)cc1. The third-order valence-electron chi connectivity index (χ3n) is 5.08. The van der Waals surface area contributed by atoms with Crippen LogP contribution < -0.4 is 10.0 Å². The zero-order valence-corrected chi connectivity index (χ0v) is 19.3. The van der Waals surface area contributed by atoms with E-state index in [0.717, 1.165) is 29.3 Å². The second-order valence-corrected chi connectivity index (χ2v) is 9.41. The van der Waals surface area contributed by atoms with Crippen molar-refractivity contribution in [1.82, 2.24) is 14.9 Å². The minimum Gasteiger partial charge on any atom is -0.352 e. The van der Waals surface area contributed by atoms with E-state index >= 15 is 0 Å². The largest absolute Gasteiger partial charge is 0.352 e. The first kappa shape index (κ1) is 22.8. The molecule has 0 aliphatic heterocycles. The van der Waals surface area contributed by atoms with Gasteiger partial charge >= 0.3 is 0 Å². The molecule has 33 heavy (non-hydrogen) atoms. The van der Waals surface area contributed by atoms with E-state index in [1.165, 1.54) is 0 Å². The minimum atomic E-state index is -3.97. The Balaban J connectivity index is 1.64. The second kappa shape index (κ2) is 8.84. The van der Waals surface area contributed by atoms with Crippen molar-refractivity contribution in [2.45, 2.75) is 11.8 Å². The van der Waals surface area contributed by atoms with Gasteiger partial charge in [-0.15, -0.1) is 0 Å². The maximum absolute atomic E-state index is 13.4. The van der Waals surface area contributed by atoms with Gasteiger partial charge in [-0.2, -0.15) is 0 Å². The van der Waals surface area contributed by atoms with Gasteiger partial charge in [-0.25, -0.2) is 17.8 Å². The highest BCUT2D eigenvalue weighted by atomic mass is 35.5. The van der Waals surface area contributed by atoms with Crippen LogP contribution in [0.15, 0.2) is 65.6 Å². The fourth-order valence-corrected chi connectivity index (χ4v) is 4.73. The van der Waals surface area contributed by atoms with Gasteiger partial charge in [-0.05, 0) is 55.5 Å². The Bertz CT molecular complexity index is 1470. The molecule has 1 aromatic heterocycles. The number of sulfonamides is 1. The fraction of sp³-hybridized carbons (Fsp3) is 0.130. The molecule has 10 heteroatoms. The summed E-state index contributed by atoms with van der Waals surface area (Å²) < 4.78 is 43.1. The summed E-state index contributed by atoms with van der Waals surface area (Å²) in [7, 11) is -2.11. The van der Waals surface area contributed by atoms with Crippen molar-refractivity contribution in [3.63, 3.8) is 0 Å². The van der Waals surface area contributed by atoms with Gasteiger partial charge in [0.25, 0.3) is 15.9 Å². The van der Waals surface area contributed by atoms with Crippen LogP contribution in [0, 0.1) is 5.82 Å². The summed E-state index contributed by atoms with van der Waals surface area (Å²) in [5, 5.41) is 2.48. The Hall–Kier alpha value is -3.43. The molecule has 0 fully saturated rings. The average molecular weight is 487 g/mol. The van der Waals surface area contributed by atoms with Crippen LogP contribution in [0.5, 0.6) is 0 Å².